The fraction of sp³-hybridized carbons (Fsp3) is 0.778. The first-order valence-electron chi connectivity index (χ1n) is 8.83. The van der Waals surface area contributed by atoms with Gasteiger partial charge in [0, 0.05) is 19.4 Å². The topological polar surface area (TPSA) is 55.8 Å². The molecule has 0 radical (unpaired) electrons. The van der Waals surface area contributed by atoms with Crippen molar-refractivity contribution >= 4 is 20.2 Å². The molecule has 2 aliphatic rings. The molecule has 24 heavy (non-hydrogen) atoms. The van der Waals surface area contributed by atoms with Crippen LogP contribution in [0.1, 0.15) is 47.0 Å². The molecule has 0 saturated carbocycles. The molecule has 2 heterocycles. The average Bonchev–Trinajstić information content (AvgIpc) is 2.97. The summed E-state index contributed by atoms with van der Waals surface area (Å²) >= 11 is 0. The van der Waals surface area contributed by atoms with Gasteiger partial charge in [-0.2, -0.15) is 0 Å². The summed E-state index contributed by atoms with van der Waals surface area (Å²) in [6.45, 7) is 14.3. The maximum atomic E-state index is 12.4. The van der Waals surface area contributed by atoms with Crippen LogP contribution < -0.4 is 0 Å². The van der Waals surface area contributed by atoms with Crippen molar-refractivity contribution in [3.05, 3.63) is 11.6 Å². The first-order chi connectivity index (χ1) is 11.0. The number of ether oxygens (including phenoxy) is 1. The Hall–Kier alpha value is -1.14. The summed E-state index contributed by atoms with van der Waals surface area (Å²) in [6.07, 6.45) is 3.64. The molecule has 1 atom stereocenters. The van der Waals surface area contributed by atoms with Crippen LogP contribution in [0, 0.1) is 0 Å². The van der Waals surface area contributed by atoms with E-state index in [4.69, 9.17) is 9.16 Å². The van der Waals surface area contributed by atoms with Crippen molar-refractivity contribution in [3.63, 3.8) is 0 Å². The molecule has 0 aromatic heterocycles. The molecular weight excluding hydrogens is 322 g/mol. The van der Waals surface area contributed by atoms with Gasteiger partial charge in [-0.05, 0) is 37.0 Å². The van der Waals surface area contributed by atoms with E-state index in [1.54, 1.807) is 11.8 Å². The smallest absolute Gasteiger partial charge is 0.332 e. The van der Waals surface area contributed by atoms with Gasteiger partial charge >= 0.3 is 5.97 Å². The number of amides is 1. The predicted octanol–water partition coefficient (Wildman–Crippen LogP) is 3.26. The Balaban J connectivity index is 2.07. The largest absolute Gasteiger partial charge is 0.464 e. The Morgan fingerprint density at radius 3 is 2.62 bits per heavy atom. The number of fused-ring (bicyclic) bond motifs is 1. The van der Waals surface area contributed by atoms with E-state index in [1.165, 1.54) is 0 Å². The molecule has 2 aliphatic heterocycles. The number of nitrogens with zero attached hydrogens (tertiary/aromatic N) is 1. The van der Waals surface area contributed by atoms with Crippen LogP contribution in [0.4, 0.5) is 0 Å². The second kappa shape index (κ2) is 6.63. The molecule has 0 N–H and O–H groups in total. The lowest BCUT2D eigenvalue weighted by molar-refractivity contribution is -0.157. The van der Waals surface area contributed by atoms with Gasteiger partial charge in [0.15, 0.2) is 8.32 Å². The van der Waals surface area contributed by atoms with E-state index in [9.17, 15) is 9.59 Å². The van der Waals surface area contributed by atoms with Crippen molar-refractivity contribution in [2.24, 2.45) is 0 Å². The van der Waals surface area contributed by atoms with Crippen LogP contribution in [-0.4, -0.2) is 50.4 Å². The van der Waals surface area contributed by atoms with Crippen molar-refractivity contribution in [2.45, 2.75) is 70.6 Å². The molecule has 0 aromatic carbocycles. The van der Waals surface area contributed by atoms with E-state index in [2.05, 4.69) is 39.9 Å². The van der Waals surface area contributed by atoms with Gasteiger partial charge in [0.1, 0.15) is 5.54 Å². The van der Waals surface area contributed by atoms with Crippen LogP contribution in [0.2, 0.25) is 18.1 Å². The Kier molecular flexibility index (Phi) is 5.30. The quantitative estimate of drug-likeness (QED) is 0.432. The molecule has 0 bridgehead atoms. The summed E-state index contributed by atoms with van der Waals surface area (Å²) < 4.78 is 11.4. The lowest BCUT2D eigenvalue weighted by atomic mass is 9.92. The third kappa shape index (κ3) is 3.45. The summed E-state index contributed by atoms with van der Waals surface area (Å²) in [4.78, 5) is 26.3. The summed E-state index contributed by atoms with van der Waals surface area (Å²) in [6, 6.07) is 0. The summed E-state index contributed by atoms with van der Waals surface area (Å²) in [5, 5.41) is 0.170. The summed E-state index contributed by atoms with van der Waals surface area (Å²) in [5.41, 5.74) is 0.338. The first kappa shape index (κ1) is 19.2. The first-order valence-corrected chi connectivity index (χ1v) is 11.7. The third-order valence-electron chi connectivity index (χ3n) is 5.73. The minimum absolute atomic E-state index is 0.0526. The normalized spacial score (nSPS) is 26.2. The standard InChI is InChI=1S/C18H31NO4Si/c1-7-22-16(21)18-10-8-15(20)19(18)13-14(12-18)9-11-23-24(5,6)17(2,3)4/h9H,7-8,10-13H2,1-6H3/b14-9-/t18-/m0/s1. The van der Waals surface area contributed by atoms with E-state index >= 15 is 0 Å². The zero-order chi connectivity index (χ0) is 18.2. The highest BCUT2D eigenvalue weighted by Gasteiger charge is 2.56. The van der Waals surface area contributed by atoms with E-state index < -0.39 is 13.9 Å². The second-order valence-corrected chi connectivity index (χ2v) is 13.2. The van der Waals surface area contributed by atoms with E-state index in [0.717, 1.165) is 5.57 Å². The van der Waals surface area contributed by atoms with Crippen molar-refractivity contribution in [2.75, 3.05) is 19.8 Å². The Morgan fingerprint density at radius 2 is 2.04 bits per heavy atom. The number of carbonyl (C=O) groups is 2. The lowest BCUT2D eigenvalue weighted by Gasteiger charge is -2.35. The fourth-order valence-electron chi connectivity index (χ4n) is 3.15. The zero-order valence-corrected chi connectivity index (χ0v) is 16.9. The molecule has 2 rings (SSSR count). The van der Waals surface area contributed by atoms with E-state index in [-0.39, 0.29) is 16.9 Å². The summed E-state index contributed by atoms with van der Waals surface area (Å²) in [5.74, 6) is -0.207. The molecule has 6 heteroatoms. The van der Waals surface area contributed by atoms with Gasteiger partial charge in [0.05, 0.1) is 13.2 Å². The number of hydrogen-bond acceptors (Lipinski definition) is 4. The maximum Gasteiger partial charge on any atom is 0.332 e. The molecule has 1 amide bonds. The molecule has 0 aliphatic carbocycles. The van der Waals surface area contributed by atoms with Crippen LogP contribution in [-0.2, 0) is 18.8 Å². The highest BCUT2D eigenvalue weighted by atomic mass is 28.4. The minimum Gasteiger partial charge on any atom is -0.464 e. The van der Waals surface area contributed by atoms with Gasteiger partial charge in [0.25, 0.3) is 0 Å². The van der Waals surface area contributed by atoms with Gasteiger partial charge in [0.2, 0.25) is 5.91 Å². The van der Waals surface area contributed by atoms with Crippen LogP contribution in [0.25, 0.3) is 0 Å². The second-order valence-electron chi connectivity index (χ2n) is 8.34. The van der Waals surface area contributed by atoms with Crippen molar-refractivity contribution in [1.29, 1.82) is 0 Å². The van der Waals surface area contributed by atoms with Crippen molar-refractivity contribution < 1.29 is 18.8 Å². The average molecular weight is 354 g/mol. The highest BCUT2D eigenvalue weighted by Crippen LogP contribution is 2.43. The molecule has 2 saturated heterocycles. The molecule has 0 unspecified atom stereocenters. The van der Waals surface area contributed by atoms with Crippen LogP contribution in [0.15, 0.2) is 11.6 Å². The fourth-order valence-corrected chi connectivity index (χ4v) is 4.08. The third-order valence-corrected chi connectivity index (χ3v) is 10.2. The predicted molar refractivity (Wildman–Crippen MR) is 96.2 cm³/mol. The van der Waals surface area contributed by atoms with E-state index in [0.29, 0.717) is 39.0 Å². The Bertz CT molecular complexity index is 550. The van der Waals surface area contributed by atoms with Gasteiger partial charge < -0.3 is 14.1 Å². The monoisotopic (exact) mass is 353 g/mol. The lowest BCUT2D eigenvalue weighted by Crippen LogP contribution is -2.48. The van der Waals surface area contributed by atoms with Gasteiger partial charge in [-0.25, -0.2) is 4.79 Å². The number of esters is 1. The summed E-state index contributed by atoms with van der Waals surface area (Å²) in [7, 11) is -1.79. The Morgan fingerprint density at radius 1 is 1.38 bits per heavy atom. The van der Waals surface area contributed by atoms with Crippen molar-refractivity contribution in [1.82, 2.24) is 4.90 Å². The van der Waals surface area contributed by atoms with Gasteiger partial charge in [-0.15, -0.1) is 0 Å². The van der Waals surface area contributed by atoms with Crippen LogP contribution >= 0.6 is 0 Å². The van der Waals surface area contributed by atoms with Crippen molar-refractivity contribution in [3.8, 4) is 0 Å². The van der Waals surface area contributed by atoms with E-state index in [1.807, 2.05) is 0 Å². The highest BCUT2D eigenvalue weighted by molar-refractivity contribution is 6.74. The van der Waals surface area contributed by atoms with Crippen LogP contribution in [0.3, 0.4) is 0 Å². The number of hydrogen-bond donors (Lipinski definition) is 0. The van der Waals surface area contributed by atoms with Gasteiger partial charge in [-0.3, -0.25) is 4.79 Å². The molecule has 0 aromatic rings. The number of carbonyl (C=O) groups excluding carboxylic acids is 2. The molecule has 2 fully saturated rings. The maximum absolute atomic E-state index is 12.4. The SMILES string of the molecule is CCOC(=O)[C@@]12CCC(=O)N1C/C(=C\CO[Si](C)(C)C(C)(C)C)C2. The minimum atomic E-state index is -1.79. The van der Waals surface area contributed by atoms with Crippen LogP contribution in [0.5, 0.6) is 0 Å². The molecular formula is C18H31NO4Si. The molecule has 5 nitrogen and oxygen atoms in total. The number of rotatable bonds is 5. The molecule has 136 valence electrons. The Labute approximate surface area is 146 Å². The van der Waals surface area contributed by atoms with Gasteiger partial charge in [-0.1, -0.05) is 26.8 Å². The molecule has 0 spiro atoms. The zero-order valence-electron chi connectivity index (χ0n) is 15.9.